The molecule has 0 saturated carbocycles. The zero-order chi connectivity index (χ0) is 24.6. The first-order chi connectivity index (χ1) is 13.9. The molecule has 0 aromatic heterocycles. The Balaban J connectivity index is 5.82. The average molecular weight is 458 g/mol. The van der Waals surface area contributed by atoms with Gasteiger partial charge in [0.05, 0.1) is 18.1 Å². The zero-order valence-corrected chi connectivity index (χ0v) is 22.9. The highest BCUT2D eigenvalue weighted by Gasteiger charge is 2.37. The van der Waals surface area contributed by atoms with Crippen molar-refractivity contribution in [3.05, 3.63) is 12.7 Å². The summed E-state index contributed by atoms with van der Waals surface area (Å²) in [6.07, 6.45) is 2.09. The molecule has 2 N–H and O–H groups in total. The molecule has 0 heterocycles. The fraction of sp³-hybridized carbons (Fsp3) is 0.833. The van der Waals surface area contributed by atoms with Gasteiger partial charge in [-0.15, -0.1) is 6.58 Å². The molecule has 0 unspecified atom stereocenters. The second-order valence-corrected chi connectivity index (χ2v) is 14.1. The molecule has 0 saturated heterocycles. The molecule has 182 valence electrons. The summed E-state index contributed by atoms with van der Waals surface area (Å²) < 4.78 is 12.0. The van der Waals surface area contributed by atoms with Crippen LogP contribution in [0.5, 0.6) is 0 Å². The first-order valence-corrected chi connectivity index (χ1v) is 12.6. The number of carboxylic acid groups (broad SMARTS) is 1. The topological polar surface area (TPSA) is 84.9 Å². The second-order valence-electron chi connectivity index (χ2n) is 11.7. The summed E-state index contributed by atoms with van der Waals surface area (Å²) in [4.78, 5) is 24.4. The monoisotopic (exact) mass is 457 g/mol. The number of rotatable bonds is 12. The first kappa shape index (κ1) is 29.7. The van der Waals surface area contributed by atoms with Crippen molar-refractivity contribution in [3.63, 3.8) is 0 Å². The highest BCUT2D eigenvalue weighted by atomic mass is 28.2. The van der Waals surface area contributed by atoms with E-state index < -0.39 is 39.4 Å². The predicted octanol–water partition coefficient (Wildman–Crippen LogP) is 5.31. The Bertz CT molecular complexity index is 590. The molecule has 0 spiro atoms. The fourth-order valence-electron chi connectivity index (χ4n) is 2.93. The van der Waals surface area contributed by atoms with E-state index in [9.17, 15) is 14.7 Å². The third-order valence-corrected chi connectivity index (χ3v) is 8.26. The van der Waals surface area contributed by atoms with Crippen molar-refractivity contribution in [2.45, 2.75) is 111 Å². The van der Waals surface area contributed by atoms with Gasteiger partial charge in [0, 0.05) is 0 Å². The highest BCUT2D eigenvalue weighted by molar-refractivity contribution is 6.32. The minimum Gasteiger partial charge on any atom is -0.481 e. The van der Waals surface area contributed by atoms with Gasteiger partial charge in [0.2, 0.25) is 0 Å². The van der Waals surface area contributed by atoms with Gasteiger partial charge < -0.3 is 19.6 Å². The summed E-state index contributed by atoms with van der Waals surface area (Å²) in [6.45, 7) is 24.3. The number of allylic oxidation sites excluding steroid dienone is 1. The molecule has 0 bridgehead atoms. The smallest absolute Gasteiger partial charge is 0.407 e. The number of carboxylic acids is 1. The summed E-state index contributed by atoms with van der Waals surface area (Å²) in [6, 6.07) is -0.329. The SMILES string of the molecule is C=CC[C@H](C[C@H](O[SiH2]C(C)(C)C(C)(C)C)[C@H](CC(C)C)NC(=O)OC(C)(C)C)C(=O)O. The van der Waals surface area contributed by atoms with E-state index >= 15 is 0 Å². The minimum absolute atomic E-state index is 0.00327. The number of nitrogens with one attached hydrogen (secondary N) is 1. The van der Waals surface area contributed by atoms with Crippen LogP contribution in [-0.4, -0.2) is 44.7 Å². The maximum absolute atomic E-state index is 12.6. The zero-order valence-electron chi connectivity index (χ0n) is 21.5. The molecule has 0 radical (unpaired) electrons. The molecule has 0 aliphatic rings. The molecule has 3 atom stereocenters. The minimum atomic E-state index is -1.05. The Morgan fingerprint density at radius 1 is 1.06 bits per heavy atom. The Morgan fingerprint density at radius 2 is 1.61 bits per heavy atom. The van der Waals surface area contributed by atoms with Crippen LogP contribution in [0.4, 0.5) is 4.79 Å². The molecule has 7 heteroatoms. The molecule has 1 amide bonds. The van der Waals surface area contributed by atoms with Crippen LogP contribution in [0, 0.1) is 17.3 Å². The normalized spacial score (nSPS) is 16.2. The Hall–Kier alpha value is -1.34. The van der Waals surface area contributed by atoms with Gasteiger partial charge in [0.1, 0.15) is 5.60 Å². The van der Waals surface area contributed by atoms with Crippen LogP contribution in [0.1, 0.15) is 88.5 Å². The van der Waals surface area contributed by atoms with Crippen molar-refractivity contribution in [3.8, 4) is 0 Å². The first-order valence-electron chi connectivity index (χ1n) is 11.3. The molecule has 0 aromatic carbocycles. The molecular weight excluding hydrogens is 410 g/mol. The Morgan fingerprint density at radius 3 is 2.00 bits per heavy atom. The summed E-state index contributed by atoms with van der Waals surface area (Å²) in [5.41, 5.74) is -0.554. The standard InChI is InChI=1S/C24H47NO5Si/c1-12-13-17(20(26)27)15-19(30-31-24(10,11)22(4,5)6)18(14-16(2)3)25-21(28)29-23(7,8)9/h12,16-19H,1,13-15,31H2,2-11H3,(H,25,28)(H,26,27)/t17-,18+,19+/m1/s1. The lowest BCUT2D eigenvalue weighted by atomic mass is 9.82. The lowest BCUT2D eigenvalue weighted by molar-refractivity contribution is -0.142. The van der Waals surface area contributed by atoms with Gasteiger partial charge in [-0.2, -0.15) is 0 Å². The Kier molecular flexibility index (Phi) is 11.5. The van der Waals surface area contributed by atoms with E-state index in [-0.39, 0.29) is 16.5 Å². The van der Waals surface area contributed by atoms with Gasteiger partial charge >= 0.3 is 12.1 Å². The van der Waals surface area contributed by atoms with Gasteiger partial charge in [0.25, 0.3) is 0 Å². The summed E-state index contributed by atoms with van der Waals surface area (Å²) in [7, 11) is -1.05. The number of carbonyl (C=O) groups is 2. The molecule has 0 fully saturated rings. The average Bonchev–Trinajstić information content (AvgIpc) is 2.53. The second kappa shape index (κ2) is 12.0. The van der Waals surface area contributed by atoms with E-state index in [2.05, 4.69) is 60.4 Å². The van der Waals surface area contributed by atoms with Crippen molar-refractivity contribution in [1.82, 2.24) is 5.32 Å². The quantitative estimate of drug-likeness (QED) is 0.306. The van der Waals surface area contributed by atoms with Crippen molar-refractivity contribution in [1.29, 1.82) is 0 Å². The van der Waals surface area contributed by atoms with Crippen LogP contribution in [-0.2, 0) is 14.0 Å². The van der Waals surface area contributed by atoms with Crippen LogP contribution in [0.2, 0.25) is 5.04 Å². The van der Waals surface area contributed by atoms with Gasteiger partial charge in [-0.1, -0.05) is 54.5 Å². The third-order valence-electron chi connectivity index (χ3n) is 5.88. The van der Waals surface area contributed by atoms with Gasteiger partial charge in [-0.05, 0) is 56.4 Å². The lowest BCUT2D eigenvalue weighted by Crippen LogP contribution is -2.49. The van der Waals surface area contributed by atoms with Crippen LogP contribution in [0.25, 0.3) is 0 Å². The van der Waals surface area contributed by atoms with Crippen molar-refractivity contribution in [2.75, 3.05) is 0 Å². The largest absolute Gasteiger partial charge is 0.481 e. The van der Waals surface area contributed by atoms with Crippen LogP contribution in [0.15, 0.2) is 12.7 Å². The fourth-order valence-corrected chi connectivity index (χ4v) is 4.36. The maximum Gasteiger partial charge on any atom is 0.407 e. The lowest BCUT2D eigenvalue weighted by Gasteiger charge is -2.40. The Labute approximate surface area is 192 Å². The van der Waals surface area contributed by atoms with Gasteiger partial charge in [0.15, 0.2) is 9.76 Å². The van der Waals surface area contributed by atoms with Crippen LogP contribution < -0.4 is 5.32 Å². The summed E-state index contributed by atoms with van der Waals surface area (Å²) in [5.74, 6) is -1.18. The van der Waals surface area contributed by atoms with Crippen LogP contribution >= 0.6 is 0 Å². The van der Waals surface area contributed by atoms with Gasteiger partial charge in [-0.3, -0.25) is 4.79 Å². The van der Waals surface area contributed by atoms with Crippen molar-refractivity contribution < 1.29 is 23.9 Å². The summed E-state index contributed by atoms with van der Waals surface area (Å²) in [5, 5.41) is 12.7. The van der Waals surface area contributed by atoms with E-state index in [0.717, 1.165) is 0 Å². The molecule has 0 aliphatic heterocycles. The number of hydrogen-bond donors (Lipinski definition) is 2. The molecule has 0 aliphatic carbocycles. The number of aliphatic carboxylic acids is 1. The van der Waals surface area contributed by atoms with Crippen molar-refractivity contribution >= 4 is 21.8 Å². The number of ether oxygens (including phenoxy) is 1. The predicted molar refractivity (Wildman–Crippen MR) is 130 cm³/mol. The van der Waals surface area contributed by atoms with E-state index in [1.54, 1.807) is 6.08 Å². The van der Waals surface area contributed by atoms with E-state index in [4.69, 9.17) is 9.16 Å². The van der Waals surface area contributed by atoms with Gasteiger partial charge in [-0.25, -0.2) is 4.79 Å². The van der Waals surface area contributed by atoms with Crippen molar-refractivity contribution in [2.24, 2.45) is 17.3 Å². The number of amides is 1. The molecule has 6 nitrogen and oxygen atoms in total. The molecular formula is C24H47NO5Si. The number of carbonyl (C=O) groups excluding carboxylic acids is 1. The molecule has 0 aromatic rings. The van der Waals surface area contributed by atoms with Crippen LogP contribution in [0.3, 0.4) is 0 Å². The summed E-state index contributed by atoms with van der Waals surface area (Å²) >= 11 is 0. The van der Waals surface area contributed by atoms with E-state index in [0.29, 0.717) is 25.2 Å². The van der Waals surface area contributed by atoms with E-state index in [1.165, 1.54) is 0 Å². The third kappa shape index (κ3) is 11.7. The number of alkyl carbamates (subject to hydrolysis) is 1. The molecule has 31 heavy (non-hydrogen) atoms. The molecule has 0 rings (SSSR count). The number of hydrogen-bond acceptors (Lipinski definition) is 4. The highest BCUT2D eigenvalue weighted by Crippen LogP contribution is 2.44. The maximum atomic E-state index is 12.6. The van der Waals surface area contributed by atoms with E-state index in [1.807, 2.05) is 20.8 Å².